The number of rotatable bonds is 7. The first kappa shape index (κ1) is 23.7. The summed E-state index contributed by atoms with van der Waals surface area (Å²) in [4.78, 5) is 33.2. The van der Waals surface area contributed by atoms with Gasteiger partial charge in [0, 0.05) is 11.1 Å². The number of methoxy groups -OCH3 is 1. The molecule has 0 bridgehead atoms. The van der Waals surface area contributed by atoms with E-state index < -0.39 is 21.5 Å². The molecule has 0 N–H and O–H groups in total. The van der Waals surface area contributed by atoms with Gasteiger partial charge in [-0.25, -0.2) is 4.79 Å². The second-order valence-electron chi connectivity index (χ2n) is 6.51. The number of non-ortho nitro benzene ring substituents is 1. The van der Waals surface area contributed by atoms with Crippen LogP contribution in [0.15, 0.2) is 54.6 Å². The molecule has 0 unspecified atom stereocenters. The van der Waals surface area contributed by atoms with Gasteiger partial charge in [0.05, 0.1) is 39.2 Å². The van der Waals surface area contributed by atoms with Crippen molar-refractivity contribution in [3.63, 3.8) is 0 Å². The molecule has 0 radical (unpaired) electrons. The number of benzene rings is 3. The van der Waals surface area contributed by atoms with E-state index in [4.69, 9.17) is 32.7 Å². The Morgan fingerprint density at radius 3 is 2.30 bits per heavy atom. The summed E-state index contributed by atoms with van der Waals surface area (Å²) in [6, 6.07) is 12.4. The largest absolute Gasteiger partial charge is 0.493 e. The molecule has 0 spiro atoms. The zero-order valence-corrected chi connectivity index (χ0v) is 18.4. The van der Waals surface area contributed by atoms with E-state index in [9.17, 15) is 25.0 Å². The van der Waals surface area contributed by atoms with Crippen LogP contribution in [0, 0.1) is 20.2 Å². The molecule has 0 fully saturated rings. The van der Waals surface area contributed by atoms with Gasteiger partial charge < -0.3 is 9.47 Å². The van der Waals surface area contributed by atoms with Crippen LogP contribution in [-0.4, -0.2) is 22.9 Å². The average Bonchev–Trinajstić information content (AvgIpc) is 2.77. The van der Waals surface area contributed by atoms with Gasteiger partial charge in [-0.1, -0.05) is 35.3 Å². The highest BCUT2D eigenvalue weighted by Gasteiger charge is 2.18. The van der Waals surface area contributed by atoms with E-state index >= 15 is 0 Å². The van der Waals surface area contributed by atoms with Gasteiger partial charge in [0.2, 0.25) is 0 Å². The van der Waals surface area contributed by atoms with Crippen molar-refractivity contribution in [3.05, 3.63) is 102 Å². The first-order valence-corrected chi connectivity index (χ1v) is 9.91. The van der Waals surface area contributed by atoms with Gasteiger partial charge in [0.15, 0.2) is 11.5 Å². The maximum absolute atomic E-state index is 12.5. The molecule has 3 aromatic carbocycles. The molecule has 3 aromatic rings. The first-order valence-electron chi connectivity index (χ1n) is 9.16. The summed E-state index contributed by atoms with van der Waals surface area (Å²) in [5, 5.41) is 22.7. The molecule has 0 aliphatic carbocycles. The van der Waals surface area contributed by atoms with E-state index in [-0.39, 0.29) is 33.3 Å². The maximum Gasteiger partial charge on any atom is 0.345 e. The quantitative estimate of drug-likeness (QED) is 0.127. The molecule has 0 amide bonds. The minimum absolute atomic E-state index is 0.123. The second kappa shape index (κ2) is 10.1. The zero-order valence-electron chi connectivity index (χ0n) is 16.9. The summed E-state index contributed by atoms with van der Waals surface area (Å²) in [7, 11) is 1.39. The Labute approximate surface area is 197 Å². The molecule has 0 atom stereocenters. The molecular formula is C22H14Cl2N2O7. The van der Waals surface area contributed by atoms with Gasteiger partial charge in [0.1, 0.15) is 0 Å². The summed E-state index contributed by atoms with van der Waals surface area (Å²) in [6.07, 6.45) is 2.99. The Balaban J connectivity index is 1.85. The van der Waals surface area contributed by atoms with Crippen LogP contribution in [0.3, 0.4) is 0 Å². The predicted octanol–water partition coefficient (Wildman–Crippen LogP) is 6.21. The summed E-state index contributed by atoms with van der Waals surface area (Å²) in [5.74, 6) is -0.347. The van der Waals surface area contributed by atoms with Crippen molar-refractivity contribution in [1.82, 2.24) is 0 Å². The molecule has 0 aromatic heterocycles. The monoisotopic (exact) mass is 488 g/mol. The Bertz CT molecular complexity index is 1290. The highest BCUT2D eigenvalue weighted by molar-refractivity contribution is 6.36. The molecule has 33 heavy (non-hydrogen) atoms. The van der Waals surface area contributed by atoms with Gasteiger partial charge in [-0.15, -0.1) is 0 Å². The van der Waals surface area contributed by atoms with E-state index in [1.807, 2.05) is 0 Å². The van der Waals surface area contributed by atoms with Crippen LogP contribution in [0.2, 0.25) is 10.0 Å². The van der Waals surface area contributed by atoms with Gasteiger partial charge in [-0.2, -0.15) is 0 Å². The van der Waals surface area contributed by atoms with Crippen molar-refractivity contribution in [2.24, 2.45) is 0 Å². The summed E-state index contributed by atoms with van der Waals surface area (Å²) >= 11 is 11.9. The van der Waals surface area contributed by atoms with E-state index in [0.717, 1.165) is 6.07 Å². The van der Waals surface area contributed by atoms with Crippen molar-refractivity contribution in [2.75, 3.05) is 7.11 Å². The second-order valence-corrected chi connectivity index (χ2v) is 7.36. The Hall–Kier alpha value is -3.95. The number of ether oxygens (including phenoxy) is 2. The lowest BCUT2D eigenvalue weighted by Gasteiger charge is -2.11. The summed E-state index contributed by atoms with van der Waals surface area (Å²) < 4.78 is 10.7. The molecule has 0 saturated carbocycles. The molecule has 9 nitrogen and oxygen atoms in total. The maximum atomic E-state index is 12.5. The normalized spacial score (nSPS) is 10.8. The van der Waals surface area contributed by atoms with Crippen LogP contribution in [0.1, 0.15) is 21.5 Å². The molecule has 3 rings (SSSR count). The fourth-order valence-electron chi connectivity index (χ4n) is 2.81. The third-order valence-corrected chi connectivity index (χ3v) is 4.97. The van der Waals surface area contributed by atoms with Crippen molar-refractivity contribution < 1.29 is 24.1 Å². The number of nitro benzene ring substituents is 2. The lowest BCUT2D eigenvalue weighted by atomic mass is 10.1. The fourth-order valence-corrected chi connectivity index (χ4v) is 3.30. The molecule has 0 aliphatic heterocycles. The highest BCUT2D eigenvalue weighted by atomic mass is 35.5. The van der Waals surface area contributed by atoms with Crippen molar-refractivity contribution in [2.45, 2.75) is 0 Å². The Kier molecular flexibility index (Phi) is 7.27. The molecule has 0 aliphatic rings. The van der Waals surface area contributed by atoms with Crippen LogP contribution in [0.4, 0.5) is 11.4 Å². The van der Waals surface area contributed by atoms with Crippen molar-refractivity contribution >= 4 is 52.7 Å². The molecule has 0 saturated heterocycles. The van der Waals surface area contributed by atoms with E-state index in [1.54, 1.807) is 18.2 Å². The van der Waals surface area contributed by atoms with Crippen LogP contribution >= 0.6 is 23.2 Å². The van der Waals surface area contributed by atoms with Gasteiger partial charge >= 0.3 is 5.97 Å². The van der Waals surface area contributed by atoms with Crippen LogP contribution in [0.25, 0.3) is 12.2 Å². The Morgan fingerprint density at radius 2 is 1.67 bits per heavy atom. The first-order chi connectivity index (χ1) is 15.7. The molecule has 168 valence electrons. The van der Waals surface area contributed by atoms with E-state index in [1.165, 1.54) is 49.6 Å². The van der Waals surface area contributed by atoms with E-state index in [0.29, 0.717) is 10.6 Å². The lowest BCUT2D eigenvalue weighted by molar-refractivity contribution is -0.394. The smallest absolute Gasteiger partial charge is 0.345 e. The van der Waals surface area contributed by atoms with Gasteiger partial charge in [0.25, 0.3) is 11.4 Å². The van der Waals surface area contributed by atoms with Gasteiger partial charge in [-0.05, 0) is 48.0 Å². The average molecular weight is 489 g/mol. The number of esters is 1. The standard InChI is InChI=1S/C22H14Cl2N2O7/c1-32-21-10-13(2-4-14-5-7-16(25(28)29)12-19(14)26(30)31)3-9-20(21)33-22(27)17-8-6-15(23)11-18(17)24/h2-12H,1H3. The minimum atomic E-state index is -0.709. The van der Waals surface area contributed by atoms with Crippen molar-refractivity contribution in [1.29, 1.82) is 0 Å². The Morgan fingerprint density at radius 1 is 0.909 bits per heavy atom. The highest BCUT2D eigenvalue weighted by Crippen LogP contribution is 2.32. The van der Waals surface area contributed by atoms with Gasteiger partial charge in [-0.3, -0.25) is 20.2 Å². The third-order valence-electron chi connectivity index (χ3n) is 4.42. The fraction of sp³-hybridized carbons (Fsp3) is 0.0455. The molecular weight excluding hydrogens is 475 g/mol. The SMILES string of the molecule is COc1cc(C=Cc2ccc([N+](=O)[O-])cc2[N+](=O)[O-])ccc1OC(=O)c1ccc(Cl)cc1Cl. The molecule has 11 heteroatoms. The summed E-state index contributed by atoms with van der Waals surface area (Å²) in [6.45, 7) is 0. The number of hydrogen-bond acceptors (Lipinski definition) is 7. The number of carbonyl (C=O) groups is 1. The zero-order chi connectivity index (χ0) is 24.1. The van der Waals surface area contributed by atoms with E-state index in [2.05, 4.69) is 0 Å². The third kappa shape index (κ3) is 5.65. The van der Waals surface area contributed by atoms with Crippen LogP contribution in [0.5, 0.6) is 11.5 Å². The van der Waals surface area contributed by atoms with Crippen LogP contribution < -0.4 is 9.47 Å². The topological polar surface area (TPSA) is 122 Å². The number of nitro groups is 2. The molecule has 0 heterocycles. The number of nitrogens with zero attached hydrogens (tertiary/aromatic N) is 2. The number of halogens is 2. The summed E-state index contributed by atoms with van der Waals surface area (Å²) in [5.41, 5.74) is 0.0872. The predicted molar refractivity (Wildman–Crippen MR) is 123 cm³/mol. The number of carbonyl (C=O) groups excluding carboxylic acids is 1. The minimum Gasteiger partial charge on any atom is -0.493 e. The van der Waals surface area contributed by atoms with Crippen LogP contribution in [-0.2, 0) is 0 Å². The van der Waals surface area contributed by atoms with Crippen molar-refractivity contribution in [3.8, 4) is 11.5 Å². The lowest BCUT2D eigenvalue weighted by Crippen LogP contribution is -2.10. The number of hydrogen-bond donors (Lipinski definition) is 0.